The Bertz CT molecular complexity index is 542. The zero-order valence-electron chi connectivity index (χ0n) is 11.4. The fourth-order valence-corrected chi connectivity index (χ4v) is 3.90. The van der Waals surface area contributed by atoms with Gasteiger partial charge in [0, 0.05) is 24.2 Å². The van der Waals surface area contributed by atoms with Gasteiger partial charge in [-0.15, -0.1) is 11.3 Å². The lowest BCUT2D eigenvalue weighted by Crippen LogP contribution is -2.37. The second kappa shape index (κ2) is 5.51. The van der Waals surface area contributed by atoms with Gasteiger partial charge in [-0.1, -0.05) is 19.3 Å². The zero-order valence-corrected chi connectivity index (χ0v) is 12.2. The van der Waals surface area contributed by atoms with Crippen LogP contribution in [0.4, 0.5) is 5.82 Å². The molecule has 5 heteroatoms. The average Bonchev–Trinajstić information content (AvgIpc) is 3.01. The van der Waals surface area contributed by atoms with Crippen molar-refractivity contribution in [2.24, 2.45) is 0 Å². The highest BCUT2D eigenvalue weighted by atomic mass is 32.1. The first-order chi connectivity index (χ1) is 9.35. The van der Waals surface area contributed by atoms with Crippen molar-refractivity contribution in [1.29, 1.82) is 0 Å². The molecule has 2 aromatic rings. The molecule has 1 saturated carbocycles. The zero-order chi connectivity index (χ0) is 13.2. The number of aromatic nitrogens is 2. The van der Waals surface area contributed by atoms with Crippen molar-refractivity contribution >= 4 is 22.1 Å². The van der Waals surface area contributed by atoms with Crippen LogP contribution in [-0.2, 0) is 6.61 Å². The van der Waals surface area contributed by atoms with Crippen LogP contribution in [-0.4, -0.2) is 27.1 Å². The largest absolute Gasteiger partial charge is 0.390 e. The van der Waals surface area contributed by atoms with Gasteiger partial charge in [0.05, 0.1) is 12.3 Å². The Morgan fingerprint density at radius 1 is 1.42 bits per heavy atom. The van der Waals surface area contributed by atoms with Crippen LogP contribution in [0.15, 0.2) is 11.6 Å². The first-order valence-corrected chi connectivity index (χ1v) is 8.05. The number of fused-ring (bicyclic) bond motifs is 1. The van der Waals surface area contributed by atoms with Crippen molar-refractivity contribution < 1.29 is 5.11 Å². The highest BCUT2D eigenvalue weighted by Gasteiger charge is 2.25. The Labute approximate surface area is 117 Å². The second-order valence-corrected chi connectivity index (χ2v) is 6.05. The molecule has 0 aliphatic heterocycles. The molecule has 4 nitrogen and oxygen atoms in total. The molecule has 1 fully saturated rings. The van der Waals surface area contributed by atoms with E-state index in [1.807, 2.05) is 16.0 Å². The van der Waals surface area contributed by atoms with E-state index in [1.54, 1.807) is 11.3 Å². The number of rotatable bonds is 4. The highest BCUT2D eigenvalue weighted by Crippen LogP contribution is 2.30. The third kappa shape index (κ3) is 2.25. The van der Waals surface area contributed by atoms with Gasteiger partial charge in [-0.3, -0.25) is 4.40 Å². The minimum Gasteiger partial charge on any atom is -0.390 e. The minimum absolute atomic E-state index is 0.0520. The number of thiazole rings is 1. The average molecular weight is 279 g/mol. The van der Waals surface area contributed by atoms with E-state index >= 15 is 0 Å². The molecule has 0 unspecified atom stereocenters. The van der Waals surface area contributed by atoms with Gasteiger partial charge >= 0.3 is 0 Å². The van der Waals surface area contributed by atoms with E-state index in [-0.39, 0.29) is 6.61 Å². The Kier molecular flexibility index (Phi) is 3.75. The maximum absolute atomic E-state index is 9.68. The molecule has 3 rings (SSSR count). The maximum atomic E-state index is 9.68. The summed E-state index contributed by atoms with van der Waals surface area (Å²) < 4.78 is 2.02. The third-order valence-electron chi connectivity index (χ3n) is 4.12. The minimum atomic E-state index is 0.0520. The quantitative estimate of drug-likeness (QED) is 0.935. The van der Waals surface area contributed by atoms with Gasteiger partial charge in [0.25, 0.3) is 0 Å². The van der Waals surface area contributed by atoms with E-state index < -0.39 is 0 Å². The van der Waals surface area contributed by atoms with Crippen molar-refractivity contribution in [3.05, 3.63) is 17.3 Å². The van der Waals surface area contributed by atoms with Gasteiger partial charge in [0.1, 0.15) is 0 Å². The summed E-state index contributed by atoms with van der Waals surface area (Å²) in [6.45, 7) is 3.20. The van der Waals surface area contributed by atoms with Crippen molar-refractivity contribution in [2.75, 3.05) is 11.4 Å². The van der Waals surface area contributed by atoms with Crippen LogP contribution in [0.5, 0.6) is 0 Å². The molecule has 0 spiro atoms. The fourth-order valence-electron chi connectivity index (χ4n) is 3.17. The van der Waals surface area contributed by atoms with Crippen molar-refractivity contribution in [1.82, 2.24) is 9.38 Å². The normalized spacial score (nSPS) is 17.2. The molecule has 2 heterocycles. The van der Waals surface area contributed by atoms with E-state index in [4.69, 9.17) is 4.98 Å². The molecular formula is C14H21N3OS. The van der Waals surface area contributed by atoms with E-state index in [0.717, 1.165) is 23.0 Å². The molecule has 1 aliphatic rings. The molecule has 0 amide bonds. The predicted octanol–water partition coefficient (Wildman–Crippen LogP) is 3.05. The van der Waals surface area contributed by atoms with E-state index in [1.165, 1.54) is 32.1 Å². The number of anilines is 1. The van der Waals surface area contributed by atoms with Crippen LogP contribution in [0, 0.1) is 0 Å². The molecule has 0 aromatic carbocycles. The molecule has 2 aromatic heterocycles. The van der Waals surface area contributed by atoms with Gasteiger partial charge in [-0.2, -0.15) is 0 Å². The summed E-state index contributed by atoms with van der Waals surface area (Å²) >= 11 is 1.63. The van der Waals surface area contributed by atoms with Gasteiger partial charge in [0.2, 0.25) is 0 Å². The second-order valence-electron chi connectivity index (χ2n) is 5.17. The van der Waals surface area contributed by atoms with Crippen molar-refractivity contribution in [2.45, 2.75) is 51.7 Å². The molecule has 1 N–H and O–H groups in total. The molecular weight excluding hydrogens is 258 g/mol. The summed E-state index contributed by atoms with van der Waals surface area (Å²) in [5.74, 6) is 0.990. The summed E-state index contributed by atoms with van der Waals surface area (Å²) in [6, 6.07) is 0.591. The lowest BCUT2D eigenvalue weighted by atomic mass is 9.94. The Morgan fingerprint density at radius 2 is 2.21 bits per heavy atom. The molecule has 19 heavy (non-hydrogen) atoms. The maximum Gasteiger partial charge on any atom is 0.195 e. The summed E-state index contributed by atoms with van der Waals surface area (Å²) in [5.41, 5.74) is 0.934. The summed E-state index contributed by atoms with van der Waals surface area (Å²) in [4.78, 5) is 8.11. The van der Waals surface area contributed by atoms with Crippen LogP contribution in [0.3, 0.4) is 0 Å². The highest BCUT2D eigenvalue weighted by molar-refractivity contribution is 7.15. The Morgan fingerprint density at radius 3 is 2.89 bits per heavy atom. The van der Waals surface area contributed by atoms with Crippen LogP contribution in [0.25, 0.3) is 4.96 Å². The van der Waals surface area contributed by atoms with Crippen molar-refractivity contribution in [3.63, 3.8) is 0 Å². The number of hydrogen-bond donors (Lipinski definition) is 1. The summed E-state index contributed by atoms with van der Waals surface area (Å²) in [6.07, 6.45) is 8.50. The first kappa shape index (κ1) is 12.9. The number of aliphatic hydroxyl groups is 1. The SMILES string of the molecule is CCN(c1nc2sccn2c1CO)C1CCCCC1. The fraction of sp³-hybridized carbons (Fsp3) is 0.643. The first-order valence-electron chi connectivity index (χ1n) is 7.17. The van der Waals surface area contributed by atoms with Crippen LogP contribution in [0.2, 0.25) is 0 Å². The monoisotopic (exact) mass is 279 g/mol. The van der Waals surface area contributed by atoms with Gasteiger partial charge in [-0.25, -0.2) is 4.98 Å². The van der Waals surface area contributed by atoms with Gasteiger partial charge in [-0.05, 0) is 19.8 Å². The number of nitrogens with zero attached hydrogens (tertiary/aromatic N) is 3. The van der Waals surface area contributed by atoms with Crippen LogP contribution < -0.4 is 4.90 Å². The van der Waals surface area contributed by atoms with E-state index in [9.17, 15) is 5.11 Å². The smallest absolute Gasteiger partial charge is 0.195 e. The number of imidazole rings is 1. The lowest BCUT2D eigenvalue weighted by molar-refractivity contribution is 0.275. The topological polar surface area (TPSA) is 40.8 Å². The molecule has 104 valence electrons. The predicted molar refractivity (Wildman–Crippen MR) is 78.9 cm³/mol. The standard InChI is InChI=1S/C14H21N3OS/c1-2-16(11-6-4-3-5-7-11)13-12(10-18)17-8-9-19-14(17)15-13/h8-9,11,18H,2-7,10H2,1H3. The van der Waals surface area contributed by atoms with Gasteiger partial charge in [0.15, 0.2) is 10.8 Å². The van der Waals surface area contributed by atoms with E-state index in [0.29, 0.717) is 6.04 Å². The van der Waals surface area contributed by atoms with E-state index in [2.05, 4.69) is 11.8 Å². The number of hydrogen-bond acceptors (Lipinski definition) is 4. The molecule has 0 atom stereocenters. The Hall–Kier alpha value is -1.07. The third-order valence-corrected chi connectivity index (χ3v) is 4.87. The Balaban J connectivity index is 1.97. The molecule has 0 bridgehead atoms. The molecule has 0 saturated heterocycles. The van der Waals surface area contributed by atoms with Gasteiger partial charge < -0.3 is 10.0 Å². The number of aliphatic hydroxyl groups excluding tert-OH is 1. The van der Waals surface area contributed by atoms with Crippen LogP contribution in [0.1, 0.15) is 44.7 Å². The van der Waals surface area contributed by atoms with Crippen molar-refractivity contribution in [3.8, 4) is 0 Å². The molecule has 1 aliphatic carbocycles. The molecule has 0 radical (unpaired) electrons. The lowest BCUT2D eigenvalue weighted by Gasteiger charge is -2.34. The summed E-state index contributed by atoms with van der Waals surface area (Å²) in [5, 5.41) is 11.7. The van der Waals surface area contributed by atoms with Crippen LogP contribution >= 0.6 is 11.3 Å². The summed E-state index contributed by atoms with van der Waals surface area (Å²) in [7, 11) is 0.